The summed E-state index contributed by atoms with van der Waals surface area (Å²) in [5, 5.41) is 62.2. The first-order valence-corrected chi connectivity index (χ1v) is 13.3. The number of carbonyl (C=O) groups excluding carboxylic acids is 4. The number of carbonyl (C=O) groups is 4. The lowest BCUT2D eigenvalue weighted by molar-refractivity contribution is -0.254. The molecule has 17 nitrogen and oxygen atoms in total. The maximum absolute atomic E-state index is 13.4. The normalized spacial score (nSPS) is 20.9. The summed E-state index contributed by atoms with van der Waals surface area (Å²) < 4.78 is 32.5. The van der Waals surface area contributed by atoms with Crippen molar-refractivity contribution < 1.29 is 77.9 Å². The van der Waals surface area contributed by atoms with Gasteiger partial charge in [0.05, 0.1) is 11.1 Å². The van der Waals surface area contributed by atoms with Crippen LogP contribution in [0.3, 0.4) is 0 Å². The number of benzene rings is 2. The van der Waals surface area contributed by atoms with Gasteiger partial charge in [0, 0.05) is 39.8 Å². The number of phenols is 5. The van der Waals surface area contributed by atoms with Crippen LogP contribution in [0.1, 0.15) is 39.4 Å². The summed E-state index contributed by atoms with van der Waals surface area (Å²) in [7, 11) is 0. The summed E-state index contributed by atoms with van der Waals surface area (Å²) in [6, 6.07) is 2.29. The molecule has 0 unspecified atom stereocenters. The molecule has 0 spiro atoms. The van der Waals surface area contributed by atoms with Crippen molar-refractivity contribution in [3.63, 3.8) is 0 Å². The third kappa shape index (κ3) is 6.39. The number of phenolic OH excluding ortho intramolecular Hbond substituents is 5. The summed E-state index contributed by atoms with van der Waals surface area (Å²) in [4.78, 5) is 61.3. The Hall–Kier alpha value is -5.71. The van der Waals surface area contributed by atoms with Crippen LogP contribution >= 0.6 is 0 Å². The second-order valence-electron chi connectivity index (χ2n) is 10.1. The summed E-state index contributed by atoms with van der Waals surface area (Å²) in [6.45, 7) is 3.41. The number of hydrogen-bond acceptors (Lipinski definition) is 17. The number of rotatable bonds is 7. The fourth-order valence-electron chi connectivity index (χ4n) is 5.00. The monoisotopic (exact) mass is 648 g/mol. The van der Waals surface area contributed by atoms with E-state index in [-0.39, 0.29) is 0 Å². The van der Waals surface area contributed by atoms with Crippen molar-refractivity contribution in [2.45, 2.75) is 58.2 Å². The van der Waals surface area contributed by atoms with Crippen molar-refractivity contribution in [3.05, 3.63) is 34.0 Å². The maximum Gasteiger partial charge on any atom is 0.303 e. The average molecular weight is 649 g/mol. The summed E-state index contributed by atoms with van der Waals surface area (Å²) >= 11 is 0. The molecule has 1 aromatic heterocycles. The summed E-state index contributed by atoms with van der Waals surface area (Å²) in [6.07, 6.45) is -8.30. The molecule has 0 amide bonds. The maximum atomic E-state index is 13.4. The molecular formula is C29H28O17. The van der Waals surface area contributed by atoms with Crippen LogP contribution in [0.2, 0.25) is 0 Å². The van der Waals surface area contributed by atoms with Gasteiger partial charge in [-0.1, -0.05) is 0 Å². The Balaban J connectivity index is 1.96. The van der Waals surface area contributed by atoms with Gasteiger partial charge in [0.15, 0.2) is 35.6 Å². The smallest absolute Gasteiger partial charge is 0.303 e. The number of fused-ring (bicyclic) bond motifs is 1. The first-order valence-electron chi connectivity index (χ1n) is 13.3. The molecule has 2 aromatic carbocycles. The minimum Gasteiger partial charge on any atom is -0.507 e. The highest BCUT2D eigenvalue weighted by Gasteiger charge is 2.54. The highest BCUT2D eigenvalue weighted by atomic mass is 16.7. The Bertz CT molecular complexity index is 1790. The highest BCUT2D eigenvalue weighted by molar-refractivity contribution is 5.90. The molecule has 6 N–H and O–H groups in total. The Morgan fingerprint density at radius 2 is 1.26 bits per heavy atom. The zero-order chi connectivity index (χ0) is 34.2. The van der Waals surface area contributed by atoms with Crippen molar-refractivity contribution >= 4 is 34.8 Å². The molecule has 1 aliphatic rings. The first-order chi connectivity index (χ1) is 21.5. The van der Waals surface area contributed by atoms with Crippen LogP contribution in [-0.4, -0.2) is 85.5 Å². The molecule has 0 saturated carbocycles. The van der Waals surface area contributed by atoms with Gasteiger partial charge in [-0.05, 0) is 6.07 Å². The van der Waals surface area contributed by atoms with Crippen LogP contribution in [-0.2, 0) is 42.9 Å². The predicted octanol–water partition coefficient (Wildman–Crippen LogP) is 1.49. The predicted molar refractivity (Wildman–Crippen MR) is 149 cm³/mol. The van der Waals surface area contributed by atoms with Gasteiger partial charge >= 0.3 is 23.9 Å². The minimum absolute atomic E-state index is 0.450. The van der Waals surface area contributed by atoms with Gasteiger partial charge in [-0.2, -0.15) is 0 Å². The van der Waals surface area contributed by atoms with Crippen molar-refractivity contribution in [2.24, 2.45) is 0 Å². The quantitative estimate of drug-likeness (QED) is 0.0916. The summed E-state index contributed by atoms with van der Waals surface area (Å²) in [5.41, 5.74) is -2.97. The third-order valence-corrected chi connectivity index (χ3v) is 6.76. The lowest BCUT2D eigenvalue weighted by Gasteiger charge is -2.44. The number of aromatic hydroxyl groups is 6. The fraction of sp³-hybridized carbons (Fsp3) is 0.345. The molecule has 0 bridgehead atoms. The summed E-state index contributed by atoms with van der Waals surface area (Å²) in [5.74, 6) is -9.63. The van der Waals surface area contributed by atoms with Gasteiger partial charge in [0.2, 0.25) is 11.2 Å². The van der Waals surface area contributed by atoms with Crippen LogP contribution in [0.25, 0.3) is 22.3 Å². The van der Waals surface area contributed by atoms with Gasteiger partial charge in [-0.15, -0.1) is 0 Å². The van der Waals surface area contributed by atoms with E-state index in [2.05, 4.69) is 0 Å². The standard InChI is InChI=1S/C29H28O17/c1-9(30)41-8-19-26(42-10(2)31)28(43-11(3)32)29(44-12(4)33)27(46-19)20-17(37)7-18-21(22(20)38)23(39)24(40)25(45-18)13-5-15(35)16(36)6-14(13)34/h5-7,19,26-29,34-38,40H,8H2,1-4H3/t19-,26-,27+,28+,29+/m1/s1. The Morgan fingerprint density at radius 3 is 1.85 bits per heavy atom. The van der Waals surface area contributed by atoms with Gasteiger partial charge in [-0.3, -0.25) is 24.0 Å². The molecule has 46 heavy (non-hydrogen) atoms. The van der Waals surface area contributed by atoms with Gasteiger partial charge in [0.1, 0.15) is 47.0 Å². The SMILES string of the molecule is CC(=O)OC[C@H]1O[C@@H](c2c(O)cc3oc(-c4cc(O)c(O)cc4O)c(O)c(=O)c3c2O)[C@H](OC(C)=O)[C@@H](OC(C)=O)[C@@H]1OC(C)=O. The van der Waals surface area contributed by atoms with Crippen LogP contribution < -0.4 is 5.43 Å². The molecule has 5 atom stereocenters. The molecule has 17 heteroatoms. The Morgan fingerprint density at radius 1 is 0.696 bits per heavy atom. The topological polar surface area (TPSA) is 266 Å². The average Bonchev–Trinajstić information content (AvgIpc) is 2.93. The van der Waals surface area contributed by atoms with Crippen molar-refractivity contribution in [1.29, 1.82) is 0 Å². The second kappa shape index (κ2) is 12.7. The molecule has 1 fully saturated rings. The van der Waals surface area contributed by atoms with Crippen molar-refractivity contribution in [2.75, 3.05) is 6.61 Å². The molecule has 1 saturated heterocycles. The van der Waals surface area contributed by atoms with E-state index in [9.17, 15) is 54.6 Å². The molecule has 1 aliphatic heterocycles. The van der Waals surface area contributed by atoms with Gasteiger partial charge in [-0.25, -0.2) is 0 Å². The molecule has 4 rings (SSSR count). The molecule has 0 aliphatic carbocycles. The largest absolute Gasteiger partial charge is 0.507 e. The van der Waals surface area contributed by atoms with E-state index in [0.29, 0.717) is 6.07 Å². The number of hydrogen-bond donors (Lipinski definition) is 6. The van der Waals surface area contributed by atoms with Crippen molar-refractivity contribution in [3.8, 4) is 45.8 Å². The molecule has 2 heterocycles. The van der Waals surface area contributed by atoms with Crippen LogP contribution in [0.4, 0.5) is 0 Å². The molecular weight excluding hydrogens is 620 g/mol. The lowest BCUT2D eigenvalue weighted by atomic mass is 9.88. The van der Waals surface area contributed by atoms with Crippen LogP contribution in [0.5, 0.6) is 34.5 Å². The zero-order valence-corrected chi connectivity index (χ0v) is 24.5. The first kappa shape index (κ1) is 33.2. The Labute approximate surface area is 257 Å². The van der Waals surface area contributed by atoms with E-state index in [4.69, 9.17) is 28.1 Å². The highest BCUT2D eigenvalue weighted by Crippen LogP contribution is 2.48. The van der Waals surface area contributed by atoms with Gasteiger partial charge in [0.25, 0.3) is 0 Å². The van der Waals surface area contributed by atoms with Crippen LogP contribution in [0, 0.1) is 0 Å². The van der Waals surface area contributed by atoms with E-state index in [1.54, 1.807) is 0 Å². The molecule has 0 radical (unpaired) electrons. The number of ether oxygens (including phenoxy) is 5. The van der Waals surface area contributed by atoms with Gasteiger partial charge < -0.3 is 58.7 Å². The van der Waals surface area contributed by atoms with E-state index in [0.717, 1.165) is 39.8 Å². The van der Waals surface area contributed by atoms with Crippen molar-refractivity contribution in [1.82, 2.24) is 0 Å². The van der Waals surface area contributed by atoms with E-state index in [1.165, 1.54) is 0 Å². The third-order valence-electron chi connectivity index (χ3n) is 6.76. The van der Waals surface area contributed by atoms with E-state index < -0.39 is 129 Å². The minimum atomic E-state index is -1.82. The second-order valence-corrected chi connectivity index (χ2v) is 10.1. The Kier molecular flexibility index (Phi) is 9.18. The lowest BCUT2D eigenvalue weighted by Crippen LogP contribution is -2.59. The fourth-order valence-corrected chi connectivity index (χ4v) is 5.00. The molecule has 3 aromatic rings. The zero-order valence-electron chi connectivity index (χ0n) is 24.5. The van der Waals surface area contributed by atoms with Crippen LogP contribution in [0.15, 0.2) is 27.4 Å². The number of esters is 4. The molecule has 246 valence electrons. The van der Waals surface area contributed by atoms with E-state index in [1.807, 2.05) is 0 Å². The van der Waals surface area contributed by atoms with E-state index >= 15 is 0 Å².